The molecule has 1 rings (SSSR count). The van der Waals surface area contributed by atoms with E-state index in [0.29, 0.717) is 13.2 Å². The van der Waals surface area contributed by atoms with E-state index in [1.807, 2.05) is 30.3 Å². The Labute approximate surface area is 101 Å². The maximum absolute atomic E-state index is 10.9. The topological polar surface area (TPSA) is 75.4 Å². The predicted molar refractivity (Wildman–Crippen MR) is 64.7 cm³/mol. The Morgan fingerprint density at radius 1 is 1.29 bits per heavy atom. The first-order valence-electron chi connectivity index (χ1n) is 5.37. The molecule has 0 heterocycles. The highest BCUT2D eigenvalue weighted by Crippen LogP contribution is 2.02. The number of rotatable bonds is 6. The number of nitrogens with two attached hydrogens (primary N) is 1. The lowest BCUT2D eigenvalue weighted by atomic mass is 10.2. The van der Waals surface area contributed by atoms with Crippen LogP contribution >= 0.6 is 0 Å². The summed E-state index contributed by atoms with van der Waals surface area (Å²) < 4.78 is 0. The Kier molecular flexibility index (Phi) is 5.16. The minimum atomic E-state index is -0.411. The molecule has 17 heavy (non-hydrogen) atoms. The Hall–Kier alpha value is -1.88. The van der Waals surface area contributed by atoms with E-state index in [9.17, 15) is 9.59 Å². The van der Waals surface area contributed by atoms with Crippen LogP contribution in [0.5, 0.6) is 0 Å². The summed E-state index contributed by atoms with van der Waals surface area (Å²) in [5.41, 5.74) is 6.23. The number of hydrogen-bond acceptors (Lipinski definition) is 3. The molecule has 0 unspecified atom stereocenters. The SMILES string of the molecule is CC(=O)NCN(CC(N)=O)Cc1ccccc1. The van der Waals surface area contributed by atoms with E-state index in [1.165, 1.54) is 6.92 Å². The first-order chi connectivity index (χ1) is 8.08. The van der Waals surface area contributed by atoms with Crippen molar-refractivity contribution in [1.82, 2.24) is 10.2 Å². The zero-order chi connectivity index (χ0) is 12.7. The molecule has 0 spiro atoms. The molecule has 0 saturated carbocycles. The zero-order valence-corrected chi connectivity index (χ0v) is 9.85. The predicted octanol–water partition coefficient (Wildman–Crippen LogP) is 0.0675. The monoisotopic (exact) mass is 235 g/mol. The lowest BCUT2D eigenvalue weighted by Crippen LogP contribution is -2.40. The molecule has 3 N–H and O–H groups in total. The fraction of sp³-hybridized carbons (Fsp3) is 0.333. The van der Waals surface area contributed by atoms with Crippen LogP contribution in [0.2, 0.25) is 0 Å². The van der Waals surface area contributed by atoms with Crippen molar-refractivity contribution in [3.63, 3.8) is 0 Å². The number of carbonyl (C=O) groups is 2. The Morgan fingerprint density at radius 2 is 1.94 bits per heavy atom. The summed E-state index contributed by atoms with van der Waals surface area (Å²) in [4.78, 5) is 23.5. The Morgan fingerprint density at radius 3 is 2.47 bits per heavy atom. The molecule has 1 aromatic carbocycles. The van der Waals surface area contributed by atoms with Crippen LogP contribution in [0, 0.1) is 0 Å². The van der Waals surface area contributed by atoms with E-state index in [4.69, 9.17) is 5.73 Å². The number of primary amides is 1. The van der Waals surface area contributed by atoms with E-state index in [1.54, 1.807) is 4.90 Å². The fourth-order valence-corrected chi connectivity index (χ4v) is 1.45. The van der Waals surface area contributed by atoms with Crippen molar-refractivity contribution >= 4 is 11.8 Å². The van der Waals surface area contributed by atoms with Crippen LogP contribution in [0.4, 0.5) is 0 Å². The molecule has 0 fully saturated rings. The van der Waals surface area contributed by atoms with Gasteiger partial charge in [-0.25, -0.2) is 0 Å². The number of amides is 2. The van der Waals surface area contributed by atoms with Crippen molar-refractivity contribution in [3.05, 3.63) is 35.9 Å². The van der Waals surface area contributed by atoms with Gasteiger partial charge >= 0.3 is 0 Å². The van der Waals surface area contributed by atoms with Gasteiger partial charge in [0.05, 0.1) is 13.2 Å². The number of carbonyl (C=O) groups excluding carboxylic acids is 2. The molecular weight excluding hydrogens is 218 g/mol. The van der Waals surface area contributed by atoms with E-state index >= 15 is 0 Å². The molecule has 92 valence electrons. The lowest BCUT2D eigenvalue weighted by molar-refractivity contribution is -0.122. The quantitative estimate of drug-likeness (QED) is 0.685. The number of benzene rings is 1. The lowest BCUT2D eigenvalue weighted by Gasteiger charge is -2.20. The molecule has 0 aromatic heterocycles. The van der Waals surface area contributed by atoms with Crippen molar-refractivity contribution in [2.24, 2.45) is 5.73 Å². The highest BCUT2D eigenvalue weighted by molar-refractivity contribution is 5.76. The fourth-order valence-electron chi connectivity index (χ4n) is 1.45. The summed E-state index contributed by atoms with van der Waals surface area (Å²) in [7, 11) is 0. The van der Waals surface area contributed by atoms with Gasteiger partial charge in [0, 0.05) is 13.5 Å². The van der Waals surface area contributed by atoms with Gasteiger partial charge in [-0.2, -0.15) is 0 Å². The molecular formula is C12H17N3O2. The van der Waals surface area contributed by atoms with Gasteiger partial charge in [0.25, 0.3) is 0 Å². The maximum atomic E-state index is 10.9. The Balaban J connectivity index is 2.56. The van der Waals surface area contributed by atoms with E-state index in [2.05, 4.69) is 5.32 Å². The van der Waals surface area contributed by atoms with Gasteiger partial charge in [0.2, 0.25) is 11.8 Å². The van der Waals surface area contributed by atoms with Crippen molar-refractivity contribution < 1.29 is 9.59 Å². The summed E-state index contributed by atoms with van der Waals surface area (Å²) >= 11 is 0. The number of hydrogen-bond donors (Lipinski definition) is 2. The summed E-state index contributed by atoms with van der Waals surface area (Å²) in [6, 6.07) is 9.70. The Bertz CT molecular complexity index is 379. The average molecular weight is 235 g/mol. The van der Waals surface area contributed by atoms with Crippen LogP contribution in [0.1, 0.15) is 12.5 Å². The highest BCUT2D eigenvalue weighted by atomic mass is 16.2. The second-order valence-electron chi connectivity index (χ2n) is 3.83. The normalized spacial score (nSPS) is 10.2. The third-order valence-corrected chi connectivity index (χ3v) is 2.18. The van der Waals surface area contributed by atoms with Crippen molar-refractivity contribution in [2.75, 3.05) is 13.2 Å². The first-order valence-corrected chi connectivity index (χ1v) is 5.37. The number of nitrogens with one attached hydrogen (secondary N) is 1. The molecule has 1 aromatic rings. The number of nitrogens with zero attached hydrogens (tertiary/aromatic N) is 1. The molecule has 0 aliphatic rings. The molecule has 2 amide bonds. The van der Waals surface area contributed by atoms with Gasteiger partial charge in [-0.1, -0.05) is 30.3 Å². The van der Waals surface area contributed by atoms with Crippen LogP contribution in [0.3, 0.4) is 0 Å². The second-order valence-corrected chi connectivity index (χ2v) is 3.83. The standard InChI is InChI=1S/C12H17N3O2/c1-10(16)14-9-15(8-12(13)17)7-11-5-3-2-4-6-11/h2-6H,7-9H2,1H3,(H2,13,17)(H,14,16). The van der Waals surface area contributed by atoms with Crippen molar-refractivity contribution in [2.45, 2.75) is 13.5 Å². The molecule has 0 saturated heterocycles. The van der Waals surface area contributed by atoms with Crippen LogP contribution in [0.25, 0.3) is 0 Å². The summed E-state index contributed by atoms with van der Waals surface area (Å²) in [5.74, 6) is -0.543. The van der Waals surface area contributed by atoms with Gasteiger partial charge < -0.3 is 11.1 Å². The molecule has 5 nitrogen and oxygen atoms in total. The van der Waals surface area contributed by atoms with Gasteiger partial charge in [-0.05, 0) is 5.56 Å². The summed E-state index contributed by atoms with van der Waals surface area (Å²) in [6.45, 7) is 2.44. The second kappa shape index (κ2) is 6.65. The third kappa shape index (κ3) is 5.67. The van der Waals surface area contributed by atoms with Crippen LogP contribution in [-0.4, -0.2) is 29.9 Å². The third-order valence-electron chi connectivity index (χ3n) is 2.18. The summed E-state index contributed by atoms with van der Waals surface area (Å²) in [6.07, 6.45) is 0. The minimum Gasteiger partial charge on any atom is -0.369 e. The van der Waals surface area contributed by atoms with Gasteiger partial charge in [0.1, 0.15) is 0 Å². The molecule has 0 bridgehead atoms. The van der Waals surface area contributed by atoms with Gasteiger partial charge in [-0.3, -0.25) is 14.5 Å². The first kappa shape index (κ1) is 13.2. The largest absolute Gasteiger partial charge is 0.369 e. The molecule has 0 aliphatic carbocycles. The van der Waals surface area contributed by atoms with Crippen LogP contribution in [0.15, 0.2) is 30.3 Å². The smallest absolute Gasteiger partial charge is 0.231 e. The van der Waals surface area contributed by atoms with E-state index < -0.39 is 5.91 Å². The van der Waals surface area contributed by atoms with Gasteiger partial charge in [0.15, 0.2) is 0 Å². The maximum Gasteiger partial charge on any atom is 0.231 e. The van der Waals surface area contributed by atoms with Crippen molar-refractivity contribution in [3.8, 4) is 0 Å². The molecule has 5 heteroatoms. The average Bonchev–Trinajstić information content (AvgIpc) is 2.26. The van der Waals surface area contributed by atoms with Gasteiger partial charge in [-0.15, -0.1) is 0 Å². The minimum absolute atomic E-state index is 0.120. The molecule has 0 atom stereocenters. The molecule has 0 aliphatic heterocycles. The summed E-state index contributed by atoms with van der Waals surface area (Å²) in [5, 5.41) is 2.65. The van der Waals surface area contributed by atoms with E-state index in [0.717, 1.165) is 5.56 Å². The van der Waals surface area contributed by atoms with Crippen molar-refractivity contribution in [1.29, 1.82) is 0 Å². The van der Waals surface area contributed by atoms with Crippen LogP contribution < -0.4 is 11.1 Å². The highest BCUT2D eigenvalue weighted by Gasteiger charge is 2.09. The zero-order valence-electron chi connectivity index (χ0n) is 9.85. The van der Waals surface area contributed by atoms with Crippen LogP contribution in [-0.2, 0) is 16.1 Å². The van der Waals surface area contributed by atoms with E-state index in [-0.39, 0.29) is 12.5 Å². The molecule has 0 radical (unpaired) electrons.